The van der Waals surface area contributed by atoms with Gasteiger partial charge in [0, 0.05) is 27.4 Å². The molecule has 0 saturated carbocycles. The van der Waals surface area contributed by atoms with E-state index >= 15 is 0 Å². The molecule has 0 amide bonds. The Morgan fingerprint density at radius 2 is 1.28 bits per heavy atom. The van der Waals surface area contributed by atoms with Crippen LogP contribution >= 0.6 is 0 Å². The van der Waals surface area contributed by atoms with E-state index in [1.807, 2.05) is 0 Å². The standard InChI is InChI=1S/C37H27NO/c1-37(2)31-17-8-9-18-33(31)38(27-13-4-3-5-14-27)34-20-19-26(22-32(34)37)28-15-10-16-29-30-21-24-11-6-7-12-25(24)23-35(30)39-36(28)29/h3-23H,1-2H3. The molecule has 1 aliphatic heterocycles. The zero-order chi connectivity index (χ0) is 26.1. The normalized spacial score (nSPS) is 14.1. The first kappa shape index (κ1) is 22.2. The van der Waals surface area contributed by atoms with Gasteiger partial charge in [0.2, 0.25) is 0 Å². The van der Waals surface area contributed by atoms with Crippen LogP contribution in [0.3, 0.4) is 0 Å². The highest BCUT2D eigenvalue weighted by atomic mass is 16.3. The van der Waals surface area contributed by atoms with E-state index in [0.29, 0.717) is 0 Å². The van der Waals surface area contributed by atoms with E-state index in [2.05, 4.69) is 146 Å². The van der Waals surface area contributed by atoms with Gasteiger partial charge in [-0.1, -0.05) is 98.8 Å². The van der Waals surface area contributed by atoms with Crippen molar-refractivity contribution in [2.45, 2.75) is 19.3 Å². The van der Waals surface area contributed by atoms with Crippen LogP contribution < -0.4 is 4.90 Å². The number of hydrogen-bond acceptors (Lipinski definition) is 2. The molecule has 0 radical (unpaired) electrons. The number of fused-ring (bicyclic) bond motifs is 6. The maximum Gasteiger partial charge on any atom is 0.143 e. The molecule has 2 heteroatoms. The fourth-order valence-electron chi connectivity index (χ4n) is 6.44. The summed E-state index contributed by atoms with van der Waals surface area (Å²) in [6, 6.07) is 45.8. The van der Waals surface area contributed by atoms with Crippen molar-refractivity contribution in [3.63, 3.8) is 0 Å². The van der Waals surface area contributed by atoms with Crippen molar-refractivity contribution >= 4 is 49.8 Å². The molecule has 186 valence electrons. The van der Waals surface area contributed by atoms with Crippen LogP contribution in [0.2, 0.25) is 0 Å². The molecule has 0 aliphatic carbocycles. The third-order valence-corrected chi connectivity index (χ3v) is 8.42. The van der Waals surface area contributed by atoms with E-state index in [-0.39, 0.29) is 5.41 Å². The number of anilines is 3. The van der Waals surface area contributed by atoms with Crippen molar-refractivity contribution in [2.75, 3.05) is 4.90 Å². The molecular formula is C37H27NO. The van der Waals surface area contributed by atoms with Gasteiger partial charge in [-0.15, -0.1) is 0 Å². The lowest BCUT2D eigenvalue weighted by atomic mass is 9.73. The van der Waals surface area contributed by atoms with Crippen LogP contribution in [0.5, 0.6) is 0 Å². The summed E-state index contributed by atoms with van der Waals surface area (Å²) in [6.45, 7) is 4.67. The fraction of sp³-hybridized carbons (Fsp3) is 0.0811. The molecule has 0 atom stereocenters. The molecule has 0 bridgehead atoms. The summed E-state index contributed by atoms with van der Waals surface area (Å²) < 4.78 is 6.58. The highest BCUT2D eigenvalue weighted by Crippen LogP contribution is 2.52. The maximum absolute atomic E-state index is 6.58. The van der Waals surface area contributed by atoms with Crippen molar-refractivity contribution in [3.8, 4) is 11.1 Å². The van der Waals surface area contributed by atoms with E-state index in [0.717, 1.165) is 27.5 Å². The molecule has 2 nitrogen and oxygen atoms in total. The van der Waals surface area contributed by atoms with Crippen LogP contribution in [0.1, 0.15) is 25.0 Å². The molecule has 0 fully saturated rings. The molecule has 0 spiro atoms. The Morgan fingerprint density at radius 1 is 0.564 bits per heavy atom. The SMILES string of the molecule is CC1(C)c2ccccc2N(c2ccccc2)c2ccc(-c3cccc4c3oc3cc5ccccc5cc34)cc21. The molecule has 1 aliphatic rings. The third-order valence-electron chi connectivity index (χ3n) is 8.42. The summed E-state index contributed by atoms with van der Waals surface area (Å²) in [5, 5.41) is 4.74. The molecule has 7 aromatic rings. The Balaban J connectivity index is 1.36. The number of para-hydroxylation sites is 3. The quantitative estimate of drug-likeness (QED) is 0.234. The largest absolute Gasteiger partial charge is 0.455 e. The summed E-state index contributed by atoms with van der Waals surface area (Å²) in [5.41, 5.74) is 10.3. The highest BCUT2D eigenvalue weighted by Gasteiger charge is 2.37. The lowest BCUT2D eigenvalue weighted by Crippen LogP contribution is -2.30. The first-order valence-corrected chi connectivity index (χ1v) is 13.5. The average Bonchev–Trinajstić information content (AvgIpc) is 3.34. The van der Waals surface area contributed by atoms with Gasteiger partial charge in [-0.25, -0.2) is 0 Å². The zero-order valence-corrected chi connectivity index (χ0v) is 22.0. The first-order valence-electron chi connectivity index (χ1n) is 13.5. The Bertz CT molecular complexity index is 2050. The van der Waals surface area contributed by atoms with Gasteiger partial charge in [-0.05, 0) is 69.9 Å². The van der Waals surface area contributed by atoms with Crippen molar-refractivity contribution in [2.24, 2.45) is 0 Å². The fourth-order valence-corrected chi connectivity index (χ4v) is 6.44. The minimum absolute atomic E-state index is 0.160. The Hall–Kier alpha value is -4.82. The Kier molecular flexibility index (Phi) is 4.60. The number of benzene rings is 6. The summed E-state index contributed by atoms with van der Waals surface area (Å²) in [6.07, 6.45) is 0. The second-order valence-corrected chi connectivity index (χ2v) is 11.0. The lowest BCUT2D eigenvalue weighted by Gasteiger charge is -2.42. The average molecular weight is 502 g/mol. The van der Waals surface area contributed by atoms with Crippen LogP contribution in [0.15, 0.2) is 132 Å². The Labute approximate surface area is 227 Å². The van der Waals surface area contributed by atoms with Crippen molar-refractivity contribution in [1.29, 1.82) is 0 Å². The van der Waals surface area contributed by atoms with Crippen LogP contribution in [0.25, 0.3) is 43.8 Å². The second-order valence-electron chi connectivity index (χ2n) is 11.0. The van der Waals surface area contributed by atoms with Gasteiger partial charge >= 0.3 is 0 Å². The summed E-state index contributed by atoms with van der Waals surface area (Å²) in [5.74, 6) is 0. The van der Waals surface area contributed by atoms with E-state index in [9.17, 15) is 0 Å². The van der Waals surface area contributed by atoms with Gasteiger partial charge in [0.25, 0.3) is 0 Å². The Morgan fingerprint density at radius 3 is 2.13 bits per heavy atom. The number of furan rings is 1. The minimum Gasteiger partial charge on any atom is -0.455 e. The molecule has 1 aromatic heterocycles. The summed E-state index contributed by atoms with van der Waals surface area (Å²) in [7, 11) is 0. The predicted molar refractivity (Wildman–Crippen MR) is 163 cm³/mol. The highest BCUT2D eigenvalue weighted by molar-refractivity contribution is 6.13. The van der Waals surface area contributed by atoms with Crippen molar-refractivity contribution in [3.05, 3.63) is 139 Å². The molecule has 0 saturated heterocycles. The van der Waals surface area contributed by atoms with Gasteiger partial charge in [-0.3, -0.25) is 0 Å². The van der Waals surface area contributed by atoms with Gasteiger partial charge < -0.3 is 9.32 Å². The van der Waals surface area contributed by atoms with Crippen LogP contribution in [-0.2, 0) is 5.41 Å². The smallest absolute Gasteiger partial charge is 0.143 e. The molecule has 39 heavy (non-hydrogen) atoms. The molecule has 0 unspecified atom stereocenters. The summed E-state index contributed by atoms with van der Waals surface area (Å²) >= 11 is 0. The van der Waals surface area contributed by atoms with E-state index in [1.54, 1.807) is 0 Å². The predicted octanol–water partition coefficient (Wildman–Crippen LogP) is 10.5. The zero-order valence-electron chi connectivity index (χ0n) is 22.0. The van der Waals surface area contributed by atoms with E-state index in [4.69, 9.17) is 4.42 Å². The topological polar surface area (TPSA) is 16.4 Å². The minimum atomic E-state index is -0.160. The maximum atomic E-state index is 6.58. The van der Waals surface area contributed by atoms with E-state index in [1.165, 1.54) is 44.5 Å². The van der Waals surface area contributed by atoms with E-state index < -0.39 is 0 Å². The van der Waals surface area contributed by atoms with Gasteiger partial charge in [0.15, 0.2) is 0 Å². The molecule has 6 aromatic carbocycles. The monoisotopic (exact) mass is 501 g/mol. The third kappa shape index (κ3) is 3.21. The number of nitrogens with zero attached hydrogens (tertiary/aromatic N) is 1. The molecular weight excluding hydrogens is 474 g/mol. The van der Waals surface area contributed by atoms with Crippen LogP contribution in [0, 0.1) is 0 Å². The van der Waals surface area contributed by atoms with Crippen molar-refractivity contribution < 1.29 is 4.42 Å². The van der Waals surface area contributed by atoms with Crippen molar-refractivity contribution in [1.82, 2.24) is 0 Å². The lowest BCUT2D eigenvalue weighted by molar-refractivity contribution is 0.632. The second kappa shape index (κ2) is 8.09. The molecule has 2 heterocycles. The first-order chi connectivity index (χ1) is 19.1. The van der Waals surface area contributed by atoms with Gasteiger partial charge in [0.05, 0.1) is 11.4 Å². The number of rotatable bonds is 2. The number of hydrogen-bond donors (Lipinski definition) is 0. The van der Waals surface area contributed by atoms with Gasteiger partial charge in [0.1, 0.15) is 11.2 Å². The molecule has 8 rings (SSSR count). The van der Waals surface area contributed by atoms with Crippen LogP contribution in [0.4, 0.5) is 17.1 Å². The molecule has 0 N–H and O–H groups in total. The summed E-state index contributed by atoms with van der Waals surface area (Å²) in [4.78, 5) is 2.40. The van der Waals surface area contributed by atoms with Crippen LogP contribution in [-0.4, -0.2) is 0 Å². The van der Waals surface area contributed by atoms with Gasteiger partial charge in [-0.2, -0.15) is 0 Å².